The van der Waals surface area contributed by atoms with E-state index >= 15 is 0 Å². The average Bonchev–Trinajstić information content (AvgIpc) is 3.00. The van der Waals surface area contributed by atoms with Crippen molar-refractivity contribution in [1.82, 2.24) is 14.9 Å². The molecule has 2 aromatic heterocycles. The number of hydrogen-bond acceptors (Lipinski definition) is 7. The molecule has 1 aliphatic heterocycles. The van der Waals surface area contributed by atoms with Crippen LogP contribution in [0.5, 0.6) is 0 Å². The monoisotopic (exact) mass is 453 g/mol. The van der Waals surface area contributed by atoms with Crippen LogP contribution in [0.3, 0.4) is 0 Å². The third-order valence-electron chi connectivity index (χ3n) is 5.31. The third kappa shape index (κ3) is 4.98. The molecule has 0 saturated carbocycles. The van der Waals surface area contributed by atoms with Crippen LogP contribution in [0.4, 0.5) is 15.9 Å². The van der Waals surface area contributed by atoms with Gasteiger partial charge in [-0.15, -0.1) is 0 Å². The standard InChI is InChI=1S/C22H24FN7OS/c1-4-14-15(13-24)22(32-19(20(25)31)16-7-5-8-17(23)27-16)28-21(18(14)26-2)30-10-6-9-29(3)11-12-30/h5,7-8,19H,4,6,9-12H2,1,3H3,(H2,25,31). The lowest BCUT2D eigenvalue weighted by atomic mass is 10.1. The zero-order valence-corrected chi connectivity index (χ0v) is 18.8. The Hall–Kier alpha value is -3.21. The van der Waals surface area contributed by atoms with Gasteiger partial charge in [0.15, 0.2) is 0 Å². The summed E-state index contributed by atoms with van der Waals surface area (Å²) in [7, 11) is 2.05. The fourth-order valence-corrected chi connectivity index (χ4v) is 4.69. The predicted octanol–water partition coefficient (Wildman–Crippen LogP) is 3.06. The molecule has 8 nitrogen and oxygen atoms in total. The molecule has 1 fully saturated rings. The van der Waals surface area contributed by atoms with Crippen LogP contribution in [-0.2, 0) is 11.2 Å². The molecule has 3 rings (SSSR count). The van der Waals surface area contributed by atoms with Gasteiger partial charge in [-0.1, -0.05) is 24.8 Å². The number of aromatic nitrogens is 2. The highest BCUT2D eigenvalue weighted by Crippen LogP contribution is 2.42. The number of likely N-dealkylation sites (N-methyl/N-ethyl adjacent to an activating group) is 1. The van der Waals surface area contributed by atoms with Crippen LogP contribution < -0.4 is 10.6 Å². The summed E-state index contributed by atoms with van der Waals surface area (Å²) in [6.07, 6.45) is 1.37. The van der Waals surface area contributed by atoms with Gasteiger partial charge in [-0.05, 0) is 44.1 Å². The first-order chi connectivity index (χ1) is 15.4. The van der Waals surface area contributed by atoms with Gasteiger partial charge in [-0.2, -0.15) is 9.65 Å². The van der Waals surface area contributed by atoms with Crippen molar-refractivity contribution >= 4 is 29.2 Å². The number of carbonyl (C=O) groups is 1. The zero-order valence-electron chi connectivity index (χ0n) is 18.0. The molecule has 3 heterocycles. The summed E-state index contributed by atoms with van der Waals surface area (Å²) in [5.41, 5.74) is 6.94. The molecule has 1 amide bonds. The highest BCUT2D eigenvalue weighted by Gasteiger charge is 2.28. The van der Waals surface area contributed by atoms with Gasteiger partial charge in [-0.3, -0.25) is 4.79 Å². The number of hydrogen-bond donors (Lipinski definition) is 1. The van der Waals surface area contributed by atoms with E-state index in [-0.39, 0.29) is 11.3 Å². The number of nitrogens with two attached hydrogens (primary N) is 1. The minimum absolute atomic E-state index is 0.151. The van der Waals surface area contributed by atoms with E-state index in [1.165, 1.54) is 18.2 Å². The molecule has 1 unspecified atom stereocenters. The summed E-state index contributed by atoms with van der Waals surface area (Å²) in [4.78, 5) is 28.7. The molecule has 1 saturated heterocycles. The SMILES string of the molecule is [C-]#[N+]c1c(N2CCCN(C)CC2)nc(SC(C(N)=O)c2cccc(F)n2)c(C#N)c1CC. The van der Waals surface area contributed by atoms with E-state index in [0.717, 1.165) is 37.8 Å². The Morgan fingerprint density at radius 2 is 2.16 bits per heavy atom. The van der Waals surface area contributed by atoms with E-state index in [9.17, 15) is 14.4 Å². The quantitative estimate of drug-likeness (QED) is 0.407. The molecule has 1 atom stereocenters. The van der Waals surface area contributed by atoms with Gasteiger partial charge in [0.1, 0.15) is 22.2 Å². The number of anilines is 1. The molecule has 2 N–H and O–H groups in total. The summed E-state index contributed by atoms with van der Waals surface area (Å²) in [5, 5.41) is 9.14. The lowest BCUT2D eigenvalue weighted by Crippen LogP contribution is -2.30. The Morgan fingerprint density at radius 3 is 2.78 bits per heavy atom. The fraction of sp³-hybridized carbons (Fsp3) is 0.409. The molecule has 0 spiro atoms. The largest absolute Gasteiger partial charge is 0.368 e. The summed E-state index contributed by atoms with van der Waals surface area (Å²) >= 11 is 0.965. The first-order valence-corrected chi connectivity index (χ1v) is 11.1. The molecular formula is C22H24FN7OS. The zero-order chi connectivity index (χ0) is 23.3. The smallest absolute Gasteiger partial charge is 0.237 e. The first-order valence-electron chi connectivity index (χ1n) is 10.3. The van der Waals surface area contributed by atoms with Gasteiger partial charge < -0.3 is 15.5 Å². The third-order valence-corrected chi connectivity index (χ3v) is 6.54. The number of nitrogens with zero attached hydrogens (tertiary/aromatic N) is 6. The summed E-state index contributed by atoms with van der Waals surface area (Å²) < 4.78 is 13.7. The van der Waals surface area contributed by atoms with Crippen LogP contribution in [0.1, 0.15) is 35.4 Å². The molecule has 1 aliphatic rings. The Morgan fingerprint density at radius 1 is 1.38 bits per heavy atom. The Labute approximate surface area is 191 Å². The predicted molar refractivity (Wildman–Crippen MR) is 121 cm³/mol. The van der Waals surface area contributed by atoms with Crippen molar-refractivity contribution in [2.75, 3.05) is 38.1 Å². The molecule has 166 valence electrons. The van der Waals surface area contributed by atoms with E-state index in [2.05, 4.69) is 30.7 Å². The normalized spacial score (nSPS) is 15.5. The van der Waals surface area contributed by atoms with Crippen LogP contribution in [-0.4, -0.2) is 54.0 Å². The lowest BCUT2D eigenvalue weighted by Gasteiger charge is -2.26. The van der Waals surface area contributed by atoms with E-state index in [1.54, 1.807) is 0 Å². The van der Waals surface area contributed by atoms with E-state index < -0.39 is 17.1 Å². The molecule has 10 heteroatoms. The Balaban J connectivity index is 2.13. The second-order valence-corrected chi connectivity index (χ2v) is 8.54. The molecule has 0 bridgehead atoms. The fourth-order valence-electron chi connectivity index (χ4n) is 3.67. The summed E-state index contributed by atoms with van der Waals surface area (Å²) in [6, 6.07) is 6.29. The summed E-state index contributed by atoms with van der Waals surface area (Å²) in [5.74, 6) is -0.942. The number of nitriles is 1. The minimum atomic E-state index is -1.03. The second-order valence-electron chi connectivity index (χ2n) is 7.45. The Bertz CT molecular complexity index is 1090. The highest BCUT2D eigenvalue weighted by molar-refractivity contribution is 8.00. The molecule has 2 aromatic rings. The van der Waals surface area contributed by atoms with Crippen LogP contribution in [0.25, 0.3) is 4.85 Å². The number of primary amides is 1. The number of amides is 1. The maximum absolute atomic E-state index is 13.7. The average molecular weight is 454 g/mol. The van der Waals surface area contributed by atoms with Gasteiger partial charge in [0.05, 0.1) is 17.8 Å². The Kier molecular flexibility index (Phi) is 7.62. The number of rotatable bonds is 6. The second kappa shape index (κ2) is 10.4. The van der Waals surface area contributed by atoms with Crippen molar-refractivity contribution in [3.8, 4) is 6.07 Å². The molecule has 32 heavy (non-hydrogen) atoms. The van der Waals surface area contributed by atoms with Crippen molar-refractivity contribution in [2.45, 2.75) is 30.0 Å². The van der Waals surface area contributed by atoms with E-state index in [4.69, 9.17) is 12.3 Å². The van der Waals surface area contributed by atoms with Gasteiger partial charge in [0.25, 0.3) is 0 Å². The van der Waals surface area contributed by atoms with Crippen molar-refractivity contribution in [2.24, 2.45) is 5.73 Å². The summed E-state index contributed by atoms with van der Waals surface area (Å²) in [6.45, 7) is 12.8. The number of carbonyl (C=O) groups excluding carboxylic acids is 1. The van der Waals surface area contributed by atoms with Crippen molar-refractivity contribution in [1.29, 1.82) is 5.26 Å². The molecular weight excluding hydrogens is 429 g/mol. The number of pyridine rings is 2. The number of thioether (sulfide) groups is 1. The van der Waals surface area contributed by atoms with Crippen LogP contribution in [0.15, 0.2) is 23.2 Å². The topological polar surface area (TPSA) is 104 Å². The van der Waals surface area contributed by atoms with Crippen LogP contribution >= 0.6 is 11.8 Å². The van der Waals surface area contributed by atoms with Crippen molar-refractivity contribution < 1.29 is 9.18 Å². The molecule has 0 aromatic carbocycles. The first kappa shape index (κ1) is 23.5. The van der Waals surface area contributed by atoms with Crippen LogP contribution in [0, 0.1) is 23.9 Å². The van der Waals surface area contributed by atoms with Crippen molar-refractivity contribution in [3.63, 3.8) is 0 Å². The molecule has 0 aliphatic carbocycles. The van der Waals surface area contributed by atoms with E-state index in [0.29, 0.717) is 35.1 Å². The highest BCUT2D eigenvalue weighted by atomic mass is 32.2. The van der Waals surface area contributed by atoms with Crippen molar-refractivity contribution in [3.05, 3.63) is 52.4 Å². The van der Waals surface area contributed by atoms with Gasteiger partial charge >= 0.3 is 0 Å². The number of halogens is 1. The minimum Gasteiger partial charge on any atom is -0.368 e. The lowest BCUT2D eigenvalue weighted by molar-refractivity contribution is -0.117. The van der Waals surface area contributed by atoms with Gasteiger partial charge in [-0.25, -0.2) is 14.8 Å². The van der Waals surface area contributed by atoms with Gasteiger partial charge in [0, 0.05) is 19.6 Å². The maximum Gasteiger partial charge on any atom is 0.237 e. The van der Waals surface area contributed by atoms with Crippen LogP contribution in [0.2, 0.25) is 0 Å². The van der Waals surface area contributed by atoms with Gasteiger partial charge in [0.2, 0.25) is 17.5 Å². The molecule has 0 radical (unpaired) electrons. The maximum atomic E-state index is 13.7. The van der Waals surface area contributed by atoms with E-state index in [1.807, 2.05) is 14.0 Å².